The van der Waals surface area contributed by atoms with Crippen LogP contribution in [-0.2, 0) is 0 Å². The molecular formula is C12H10ClNO2. The van der Waals surface area contributed by atoms with Gasteiger partial charge in [-0.25, -0.2) is 0 Å². The molecular weight excluding hydrogens is 226 g/mol. The lowest BCUT2D eigenvalue weighted by Crippen LogP contribution is -2.14. The SMILES string of the molecule is Cc1c(C=O)c(=O)[nH]c2c(C)c(Cl)ccc12. The van der Waals surface area contributed by atoms with Gasteiger partial charge in [-0.3, -0.25) is 9.59 Å². The summed E-state index contributed by atoms with van der Waals surface area (Å²) < 4.78 is 0. The van der Waals surface area contributed by atoms with Crippen LogP contribution in [0.5, 0.6) is 0 Å². The Hall–Kier alpha value is -1.61. The highest BCUT2D eigenvalue weighted by atomic mass is 35.5. The summed E-state index contributed by atoms with van der Waals surface area (Å²) in [5.41, 5.74) is 2.01. The third-order valence-corrected chi connectivity index (χ3v) is 3.22. The Morgan fingerprint density at radius 1 is 1.25 bits per heavy atom. The molecule has 0 aliphatic carbocycles. The van der Waals surface area contributed by atoms with Crippen molar-refractivity contribution in [3.05, 3.63) is 44.2 Å². The highest BCUT2D eigenvalue weighted by Crippen LogP contribution is 2.25. The van der Waals surface area contributed by atoms with Gasteiger partial charge in [0.15, 0.2) is 6.29 Å². The number of nitrogens with one attached hydrogen (secondary N) is 1. The maximum Gasteiger partial charge on any atom is 0.259 e. The predicted molar refractivity (Wildman–Crippen MR) is 64.4 cm³/mol. The zero-order valence-corrected chi connectivity index (χ0v) is 9.68. The number of aromatic nitrogens is 1. The second-order valence-electron chi connectivity index (χ2n) is 3.71. The van der Waals surface area contributed by atoms with Crippen molar-refractivity contribution in [3.8, 4) is 0 Å². The van der Waals surface area contributed by atoms with Crippen LogP contribution >= 0.6 is 11.6 Å². The van der Waals surface area contributed by atoms with E-state index in [1.165, 1.54) is 0 Å². The Bertz CT molecular complexity index is 643. The molecule has 0 saturated heterocycles. The minimum atomic E-state index is -0.370. The maximum absolute atomic E-state index is 11.6. The molecule has 0 saturated carbocycles. The Morgan fingerprint density at radius 3 is 2.56 bits per heavy atom. The number of carbonyl (C=O) groups excluding carboxylic acids is 1. The topological polar surface area (TPSA) is 49.9 Å². The average Bonchev–Trinajstić information content (AvgIpc) is 2.25. The van der Waals surface area contributed by atoms with E-state index in [-0.39, 0.29) is 11.1 Å². The van der Waals surface area contributed by atoms with Crippen molar-refractivity contribution < 1.29 is 4.79 Å². The van der Waals surface area contributed by atoms with Crippen molar-refractivity contribution in [3.63, 3.8) is 0 Å². The molecule has 4 heteroatoms. The number of pyridine rings is 1. The number of aldehydes is 1. The van der Waals surface area contributed by atoms with Crippen molar-refractivity contribution in [2.45, 2.75) is 13.8 Å². The molecule has 2 rings (SSSR count). The number of halogens is 1. The van der Waals surface area contributed by atoms with E-state index in [1.54, 1.807) is 13.0 Å². The van der Waals surface area contributed by atoms with Crippen LogP contribution in [0.25, 0.3) is 10.9 Å². The van der Waals surface area contributed by atoms with E-state index in [1.807, 2.05) is 13.0 Å². The summed E-state index contributed by atoms with van der Waals surface area (Å²) >= 11 is 5.97. The summed E-state index contributed by atoms with van der Waals surface area (Å²) in [6.07, 6.45) is 0.581. The third kappa shape index (κ3) is 1.44. The first-order chi connectivity index (χ1) is 7.56. The first kappa shape index (κ1) is 10.9. The van der Waals surface area contributed by atoms with Gasteiger partial charge in [0.1, 0.15) is 0 Å². The second kappa shape index (κ2) is 3.76. The van der Waals surface area contributed by atoms with Crippen LogP contribution < -0.4 is 5.56 Å². The van der Waals surface area contributed by atoms with Crippen LogP contribution in [-0.4, -0.2) is 11.3 Å². The fraction of sp³-hybridized carbons (Fsp3) is 0.167. The molecule has 16 heavy (non-hydrogen) atoms. The van der Waals surface area contributed by atoms with E-state index >= 15 is 0 Å². The monoisotopic (exact) mass is 235 g/mol. The summed E-state index contributed by atoms with van der Waals surface area (Å²) in [6, 6.07) is 3.57. The molecule has 1 heterocycles. The molecule has 0 amide bonds. The highest BCUT2D eigenvalue weighted by molar-refractivity contribution is 6.32. The maximum atomic E-state index is 11.6. The molecule has 0 spiro atoms. The van der Waals surface area contributed by atoms with E-state index in [2.05, 4.69) is 4.98 Å². The minimum Gasteiger partial charge on any atom is -0.321 e. The van der Waals surface area contributed by atoms with E-state index in [9.17, 15) is 9.59 Å². The fourth-order valence-electron chi connectivity index (χ4n) is 1.80. The molecule has 1 aromatic carbocycles. The molecule has 2 aromatic rings. The number of carbonyl (C=O) groups is 1. The van der Waals surface area contributed by atoms with Crippen molar-refractivity contribution in [2.24, 2.45) is 0 Å². The smallest absolute Gasteiger partial charge is 0.259 e. The molecule has 0 aliphatic heterocycles. The lowest BCUT2D eigenvalue weighted by atomic mass is 10.0. The predicted octanol–water partition coefficient (Wildman–Crippen LogP) is 2.61. The van der Waals surface area contributed by atoms with Gasteiger partial charge in [-0.05, 0) is 31.0 Å². The van der Waals surface area contributed by atoms with Crippen molar-refractivity contribution in [1.82, 2.24) is 4.98 Å². The Labute approximate surface area is 97.1 Å². The molecule has 0 radical (unpaired) electrons. The van der Waals surface area contributed by atoms with Gasteiger partial charge in [0.25, 0.3) is 5.56 Å². The number of benzene rings is 1. The normalized spacial score (nSPS) is 10.7. The van der Waals surface area contributed by atoms with Crippen molar-refractivity contribution >= 4 is 28.8 Å². The van der Waals surface area contributed by atoms with E-state index in [0.29, 0.717) is 22.4 Å². The van der Waals surface area contributed by atoms with Crippen LogP contribution in [0, 0.1) is 13.8 Å². The number of aryl methyl sites for hydroxylation is 2. The largest absolute Gasteiger partial charge is 0.321 e. The molecule has 0 aliphatic rings. The van der Waals surface area contributed by atoms with Gasteiger partial charge in [-0.1, -0.05) is 17.7 Å². The van der Waals surface area contributed by atoms with Crippen molar-refractivity contribution in [2.75, 3.05) is 0 Å². The lowest BCUT2D eigenvalue weighted by molar-refractivity contribution is 0.112. The number of aromatic amines is 1. The second-order valence-corrected chi connectivity index (χ2v) is 4.11. The standard InChI is InChI=1S/C12H10ClNO2/c1-6-8-3-4-10(13)7(2)11(8)14-12(16)9(6)5-15/h3-5H,1-2H3,(H,14,16). The number of H-pyrrole nitrogens is 1. The minimum absolute atomic E-state index is 0.175. The van der Waals surface area contributed by atoms with Gasteiger partial charge in [0.05, 0.1) is 11.1 Å². The molecule has 0 fully saturated rings. The van der Waals surface area contributed by atoms with Gasteiger partial charge in [-0.15, -0.1) is 0 Å². The number of fused-ring (bicyclic) bond motifs is 1. The number of hydrogen-bond acceptors (Lipinski definition) is 2. The van der Waals surface area contributed by atoms with E-state index in [0.717, 1.165) is 10.9 Å². The molecule has 1 N–H and O–H groups in total. The Morgan fingerprint density at radius 2 is 1.94 bits per heavy atom. The van der Waals surface area contributed by atoms with Crippen LogP contribution in [0.15, 0.2) is 16.9 Å². The van der Waals surface area contributed by atoms with Crippen LogP contribution in [0.4, 0.5) is 0 Å². The van der Waals surface area contributed by atoms with Gasteiger partial charge < -0.3 is 4.98 Å². The van der Waals surface area contributed by atoms with Crippen LogP contribution in [0.3, 0.4) is 0 Å². The Balaban J connectivity index is 3.04. The summed E-state index contributed by atoms with van der Waals surface area (Å²) in [5, 5.41) is 1.45. The Kier molecular flexibility index (Phi) is 2.56. The zero-order valence-electron chi connectivity index (χ0n) is 8.93. The molecule has 82 valence electrons. The zero-order chi connectivity index (χ0) is 11.9. The molecule has 1 aromatic heterocycles. The number of hydrogen-bond donors (Lipinski definition) is 1. The van der Waals surface area contributed by atoms with Gasteiger partial charge >= 0.3 is 0 Å². The molecule has 3 nitrogen and oxygen atoms in total. The first-order valence-corrected chi connectivity index (χ1v) is 5.21. The molecule has 0 bridgehead atoms. The van der Waals surface area contributed by atoms with E-state index in [4.69, 9.17) is 11.6 Å². The quantitative estimate of drug-likeness (QED) is 0.773. The van der Waals surface area contributed by atoms with Gasteiger partial charge in [-0.2, -0.15) is 0 Å². The van der Waals surface area contributed by atoms with Crippen molar-refractivity contribution in [1.29, 1.82) is 0 Å². The summed E-state index contributed by atoms with van der Waals surface area (Å²) in [6.45, 7) is 3.59. The molecule has 0 unspecified atom stereocenters. The van der Waals surface area contributed by atoms with Gasteiger partial charge in [0, 0.05) is 10.4 Å². The van der Waals surface area contributed by atoms with Crippen LogP contribution in [0.2, 0.25) is 5.02 Å². The molecule has 0 atom stereocenters. The summed E-state index contributed by atoms with van der Waals surface area (Å²) in [7, 11) is 0. The summed E-state index contributed by atoms with van der Waals surface area (Å²) in [5.74, 6) is 0. The van der Waals surface area contributed by atoms with Crippen LogP contribution in [0.1, 0.15) is 21.5 Å². The number of rotatable bonds is 1. The average molecular weight is 236 g/mol. The fourth-order valence-corrected chi connectivity index (χ4v) is 1.96. The first-order valence-electron chi connectivity index (χ1n) is 4.83. The highest BCUT2D eigenvalue weighted by Gasteiger charge is 2.10. The lowest BCUT2D eigenvalue weighted by Gasteiger charge is -2.08. The van der Waals surface area contributed by atoms with E-state index < -0.39 is 0 Å². The summed E-state index contributed by atoms with van der Waals surface area (Å²) in [4.78, 5) is 25.1. The van der Waals surface area contributed by atoms with Gasteiger partial charge in [0.2, 0.25) is 0 Å². The third-order valence-electron chi connectivity index (χ3n) is 2.81.